The molecule has 0 spiro atoms. The number of amides is 1. The van der Waals surface area contributed by atoms with E-state index in [1.807, 2.05) is 6.92 Å². The van der Waals surface area contributed by atoms with Crippen LogP contribution in [0, 0.1) is 6.92 Å². The van der Waals surface area contributed by atoms with Crippen molar-refractivity contribution in [3.05, 3.63) is 29.3 Å². The summed E-state index contributed by atoms with van der Waals surface area (Å²) in [6.45, 7) is 2.43. The average molecular weight is 265 g/mol. The second-order valence-electron chi connectivity index (χ2n) is 4.35. The van der Waals surface area contributed by atoms with E-state index in [0.29, 0.717) is 25.1 Å². The number of hydrogen-bond acceptors (Lipinski definition) is 3. The summed E-state index contributed by atoms with van der Waals surface area (Å²) in [4.78, 5) is 22.8. The van der Waals surface area contributed by atoms with Crippen LogP contribution < -0.4 is 5.32 Å². The van der Waals surface area contributed by atoms with Gasteiger partial charge in [0.05, 0.1) is 11.3 Å². The fourth-order valence-electron chi connectivity index (χ4n) is 1.69. The molecule has 0 aliphatic carbocycles. The molecule has 0 atom stereocenters. The quantitative estimate of drug-likeness (QED) is 0.742. The molecule has 5 nitrogen and oxygen atoms in total. The van der Waals surface area contributed by atoms with Crippen molar-refractivity contribution < 1.29 is 19.4 Å². The van der Waals surface area contributed by atoms with Crippen LogP contribution in [0.25, 0.3) is 0 Å². The van der Waals surface area contributed by atoms with Crippen LogP contribution in [-0.4, -0.2) is 30.7 Å². The molecule has 1 rings (SSSR count). The molecule has 0 bridgehead atoms. The number of ether oxygens (including phenoxy) is 1. The van der Waals surface area contributed by atoms with E-state index in [4.69, 9.17) is 9.84 Å². The van der Waals surface area contributed by atoms with Gasteiger partial charge in [0.15, 0.2) is 0 Å². The zero-order valence-electron chi connectivity index (χ0n) is 11.2. The molecule has 104 valence electrons. The lowest BCUT2D eigenvalue weighted by atomic mass is 10.1. The van der Waals surface area contributed by atoms with Gasteiger partial charge in [-0.05, 0) is 31.9 Å². The normalized spacial score (nSPS) is 10.2. The molecule has 0 aliphatic heterocycles. The molecule has 19 heavy (non-hydrogen) atoms. The molecule has 0 aliphatic rings. The van der Waals surface area contributed by atoms with Crippen molar-refractivity contribution in [1.82, 2.24) is 0 Å². The zero-order chi connectivity index (χ0) is 14.3. The Balaban J connectivity index is 2.61. The lowest BCUT2D eigenvalue weighted by Gasteiger charge is -2.09. The summed E-state index contributed by atoms with van der Waals surface area (Å²) in [5, 5.41) is 11.7. The number of aromatic carboxylic acids is 1. The molecule has 2 N–H and O–H groups in total. The van der Waals surface area contributed by atoms with E-state index in [1.54, 1.807) is 25.3 Å². The summed E-state index contributed by atoms with van der Waals surface area (Å²) >= 11 is 0. The molecular weight excluding hydrogens is 246 g/mol. The molecule has 1 amide bonds. The Kier molecular flexibility index (Phi) is 6.02. The smallest absolute Gasteiger partial charge is 0.337 e. The number of carboxylic acid groups (broad SMARTS) is 1. The van der Waals surface area contributed by atoms with Crippen LogP contribution in [0.15, 0.2) is 18.2 Å². The van der Waals surface area contributed by atoms with E-state index < -0.39 is 5.97 Å². The van der Waals surface area contributed by atoms with E-state index in [1.165, 1.54) is 0 Å². The number of nitrogens with one attached hydrogen (secondary N) is 1. The molecule has 0 heterocycles. The number of carbonyl (C=O) groups excluding carboxylic acids is 1. The molecule has 1 aromatic rings. The summed E-state index contributed by atoms with van der Waals surface area (Å²) in [6.07, 6.45) is 1.88. The van der Waals surface area contributed by atoms with Crippen LogP contribution in [0.3, 0.4) is 0 Å². The first kappa shape index (κ1) is 15.2. The minimum Gasteiger partial charge on any atom is -0.478 e. The van der Waals surface area contributed by atoms with Gasteiger partial charge in [0.1, 0.15) is 0 Å². The average Bonchev–Trinajstić information content (AvgIpc) is 2.36. The van der Waals surface area contributed by atoms with Crippen molar-refractivity contribution in [2.75, 3.05) is 19.0 Å². The van der Waals surface area contributed by atoms with Gasteiger partial charge in [-0.3, -0.25) is 4.79 Å². The summed E-state index contributed by atoms with van der Waals surface area (Å²) in [7, 11) is 1.62. The minimum absolute atomic E-state index is 0.116. The van der Waals surface area contributed by atoms with E-state index in [2.05, 4.69) is 5.32 Å². The molecule has 0 unspecified atom stereocenters. The number of hydrogen-bond donors (Lipinski definition) is 2. The maximum absolute atomic E-state index is 11.7. The SMILES string of the molecule is COCCCCC(=O)Nc1ccc(C)cc1C(=O)O. The number of benzene rings is 1. The minimum atomic E-state index is -1.04. The van der Waals surface area contributed by atoms with Crippen molar-refractivity contribution in [3.63, 3.8) is 0 Å². The van der Waals surface area contributed by atoms with Gasteiger partial charge in [-0.1, -0.05) is 11.6 Å². The predicted molar refractivity (Wildman–Crippen MR) is 72.5 cm³/mol. The van der Waals surface area contributed by atoms with Crippen LogP contribution in [0.2, 0.25) is 0 Å². The first-order valence-electron chi connectivity index (χ1n) is 6.17. The van der Waals surface area contributed by atoms with Gasteiger partial charge < -0.3 is 15.2 Å². The predicted octanol–water partition coefficient (Wildman–Crippen LogP) is 2.45. The zero-order valence-corrected chi connectivity index (χ0v) is 11.2. The van der Waals surface area contributed by atoms with Gasteiger partial charge in [0, 0.05) is 20.1 Å². The van der Waals surface area contributed by atoms with Gasteiger partial charge in [-0.2, -0.15) is 0 Å². The number of rotatable bonds is 7. The fourth-order valence-corrected chi connectivity index (χ4v) is 1.69. The number of carboxylic acids is 1. The van der Waals surface area contributed by atoms with Crippen LogP contribution in [-0.2, 0) is 9.53 Å². The van der Waals surface area contributed by atoms with Gasteiger partial charge in [0.2, 0.25) is 5.91 Å². The Labute approximate surface area is 112 Å². The third-order valence-corrected chi connectivity index (χ3v) is 2.68. The summed E-state index contributed by atoms with van der Waals surface area (Å²) in [5.74, 6) is -1.22. The maximum Gasteiger partial charge on any atom is 0.337 e. The lowest BCUT2D eigenvalue weighted by Crippen LogP contribution is -2.14. The van der Waals surface area contributed by atoms with Crippen molar-refractivity contribution in [2.24, 2.45) is 0 Å². The van der Waals surface area contributed by atoms with Crippen molar-refractivity contribution in [1.29, 1.82) is 0 Å². The van der Waals surface area contributed by atoms with Crippen molar-refractivity contribution in [3.8, 4) is 0 Å². The maximum atomic E-state index is 11.7. The number of carbonyl (C=O) groups is 2. The lowest BCUT2D eigenvalue weighted by molar-refractivity contribution is -0.116. The van der Waals surface area contributed by atoms with Crippen LogP contribution >= 0.6 is 0 Å². The fraction of sp³-hybridized carbons (Fsp3) is 0.429. The van der Waals surface area contributed by atoms with Crippen LogP contribution in [0.1, 0.15) is 35.2 Å². The standard InChI is InChI=1S/C14H19NO4/c1-10-6-7-12(11(9-10)14(17)18)15-13(16)5-3-4-8-19-2/h6-7,9H,3-5,8H2,1-2H3,(H,15,16)(H,17,18). The first-order valence-corrected chi connectivity index (χ1v) is 6.17. The second kappa shape index (κ2) is 7.53. The number of aryl methyl sites for hydroxylation is 1. The highest BCUT2D eigenvalue weighted by Gasteiger charge is 2.12. The number of methoxy groups -OCH3 is 1. The molecule has 5 heteroatoms. The summed E-state index contributed by atoms with van der Waals surface area (Å²) in [6, 6.07) is 4.93. The first-order chi connectivity index (χ1) is 9.04. The molecule has 0 aromatic heterocycles. The molecule has 0 saturated carbocycles. The molecule has 0 saturated heterocycles. The third kappa shape index (κ3) is 5.09. The van der Waals surface area contributed by atoms with Gasteiger partial charge in [0.25, 0.3) is 0 Å². The Morgan fingerprint density at radius 1 is 1.32 bits per heavy atom. The van der Waals surface area contributed by atoms with Gasteiger partial charge in [-0.25, -0.2) is 4.79 Å². The van der Waals surface area contributed by atoms with Crippen LogP contribution in [0.4, 0.5) is 5.69 Å². The topological polar surface area (TPSA) is 75.6 Å². The van der Waals surface area contributed by atoms with Crippen LogP contribution in [0.5, 0.6) is 0 Å². The highest BCUT2D eigenvalue weighted by atomic mass is 16.5. The second-order valence-corrected chi connectivity index (χ2v) is 4.35. The Morgan fingerprint density at radius 3 is 2.68 bits per heavy atom. The highest BCUT2D eigenvalue weighted by Crippen LogP contribution is 2.18. The van der Waals surface area contributed by atoms with E-state index in [-0.39, 0.29) is 11.5 Å². The number of unbranched alkanes of at least 4 members (excludes halogenated alkanes) is 1. The molecule has 0 radical (unpaired) electrons. The van der Waals surface area contributed by atoms with Crippen molar-refractivity contribution >= 4 is 17.6 Å². The molecular formula is C14H19NO4. The summed E-state index contributed by atoms with van der Waals surface area (Å²) in [5.41, 5.74) is 1.30. The largest absolute Gasteiger partial charge is 0.478 e. The Bertz CT molecular complexity index is 457. The molecule has 0 fully saturated rings. The monoisotopic (exact) mass is 265 g/mol. The van der Waals surface area contributed by atoms with E-state index >= 15 is 0 Å². The molecule has 1 aromatic carbocycles. The third-order valence-electron chi connectivity index (χ3n) is 2.68. The van der Waals surface area contributed by atoms with Gasteiger partial charge >= 0.3 is 5.97 Å². The Hall–Kier alpha value is -1.88. The summed E-state index contributed by atoms with van der Waals surface area (Å²) < 4.78 is 4.90. The Morgan fingerprint density at radius 2 is 2.05 bits per heavy atom. The number of anilines is 1. The highest BCUT2D eigenvalue weighted by molar-refractivity contribution is 6.00. The van der Waals surface area contributed by atoms with Crippen molar-refractivity contribution in [2.45, 2.75) is 26.2 Å². The van der Waals surface area contributed by atoms with Gasteiger partial charge in [-0.15, -0.1) is 0 Å². The van der Waals surface area contributed by atoms with E-state index in [9.17, 15) is 9.59 Å². The van der Waals surface area contributed by atoms with E-state index in [0.717, 1.165) is 12.0 Å².